The standard InChI is InChI=1S/C22H34N4O6S/c1-2-31-18-7-8-19(14-18)32-22(28)24-12-3-13-26(15-17-6-11-21(27)25-17)33(29,30)20-9-4-16(23)5-10-20/h4-5,9-10,17-19H,2-3,6-8,11-15,23H2,1H3,(H,24,28)(H,25,27)/t17-,18+,19-/m1/s1. The number of alkyl carbamates (subject to hydrolysis) is 1. The molecule has 11 heteroatoms. The van der Waals surface area contributed by atoms with Crippen LogP contribution in [0.15, 0.2) is 29.2 Å². The van der Waals surface area contributed by atoms with E-state index in [2.05, 4.69) is 10.6 Å². The molecule has 2 fully saturated rings. The number of sulfonamides is 1. The molecule has 0 radical (unpaired) electrons. The van der Waals surface area contributed by atoms with Gasteiger partial charge < -0.3 is 25.8 Å². The number of carbonyl (C=O) groups excluding carboxylic acids is 2. The summed E-state index contributed by atoms with van der Waals surface area (Å²) in [4.78, 5) is 23.8. The van der Waals surface area contributed by atoms with E-state index >= 15 is 0 Å². The molecule has 0 bridgehead atoms. The first kappa shape index (κ1) is 25.3. The number of benzene rings is 1. The number of anilines is 1. The lowest BCUT2D eigenvalue weighted by Crippen LogP contribution is -2.43. The zero-order chi connectivity index (χ0) is 23.8. The van der Waals surface area contributed by atoms with Gasteiger partial charge in [-0.05, 0) is 56.9 Å². The number of nitrogens with two attached hydrogens (primary N) is 1. The Hall–Kier alpha value is -2.37. The number of amides is 2. The van der Waals surface area contributed by atoms with Gasteiger partial charge in [0.25, 0.3) is 0 Å². The molecule has 33 heavy (non-hydrogen) atoms. The van der Waals surface area contributed by atoms with Crippen molar-refractivity contribution in [2.75, 3.05) is 32.0 Å². The monoisotopic (exact) mass is 482 g/mol. The van der Waals surface area contributed by atoms with E-state index < -0.39 is 16.1 Å². The van der Waals surface area contributed by atoms with Crippen LogP contribution in [0.3, 0.4) is 0 Å². The second kappa shape index (κ2) is 11.7. The van der Waals surface area contributed by atoms with Gasteiger partial charge in [-0.25, -0.2) is 13.2 Å². The number of hydrogen-bond donors (Lipinski definition) is 3. The van der Waals surface area contributed by atoms with Crippen molar-refractivity contribution in [1.82, 2.24) is 14.9 Å². The third-order valence-corrected chi connectivity index (χ3v) is 7.77. The van der Waals surface area contributed by atoms with Crippen LogP contribution in [0, 0.1) is 0 Å². The minimum absolute atomic E-state index is 0.0762. The summed E-state index contributed by atoms with van der Waals surface area (Å²) < 4.78 is 38.8. The van der Waals surface area contributed by atoms with Crippen molar-refractivity contribution in [1.29, 1.82) is 0 Å². The lowest BCUT2D eigenvalue weighted by atomic mass is 10.2. The number of hydrogen-bond acceptors (Lipinski definition) is 7. The summed E-state index contributed by atoms with van der Waals surface area (Å²) in [5.41, 5.74) is 6.16. The average Bonchev–Trinajstić information content (AvgIpc) is 3.39. The molecule has 1 aromatic carbocycles. The van der Waals surface area contributed by atoms with E-state index in [0.717, 1.165) is 12.8 Å². The third kappa shape index (κ3) is 7.31. The van der Waals surface area contributed by atoms with E-state index in [4.69, 9.17) is 15.2 Å². The average molecular weight is 483 g/mol. The highest BCUT2D eigenvalue weighted by Gasteiger charge is 2.30. The summed E-state index contributed by atoms with van der Waals surface area (Å²) in [6.45, 7) is 3.21. The van der Waals surface area contributed by atoms with Crippen LogP contribution in [-0.4, -0.2) is 69.2 Å². The summed E-state index contributed by atoms with van der Waals surface area (Å²) >= 11 is 0. The van der Waals surface area contributed by atoms with E-state index in [9.17, 15) is 18.0 Å². The Kier molecular flexibility index (Phi) is 8.93. The topological polar surface area (TPSA) is 140 Å². The molecule has 0 aromatic heterocycles. The number of nitrogens with one attached hydrogen (secondary N) is 2. The van der Waals surface area contributed by atoms with Crippen LogP contribution < -0.4 is 16.4 Å². The summed E-state index contributed by atoms with van der Waals surface area (Å²) in [6.07, 6.45) is 3.19. The first-order valence-corrected chi connectivity index (χ1v) is 12.9. The molecule has 1 saturated heterocycles. The van der Waals surface area contributed by atoms with Crippen LogP contribution in [-0.2, 0) is 24.3 Å². The van der Waals surface area contributed by atoms with Gasteiger partial charge in [-0.1, -0.05) is 0 Å². The zero-order valence-corrected chi connectivity index (χ0v) is 19.8. The van der Waals surface area contributed by atoms with Crippen LogP contribution in [0.4, 0.5) is 10.5 Å². The molecule has 4 N–H and O–H groups in total. The molecule has 1 saturated carbocycles. The first-order valence-electron chi connectivity index (χ1n) is 11.5. The highest BCUT2D eigenvalue weighted by molar-refractivity contribution is 7.89. The van der Waals surface area contributed by atoms with Gasteiger partial charge >= 0.3 is 6.09 Å². The van der Waals surface area contributed by atoms with Gasteiger partial charge in [0.15, 0.2) is 0 Å². The maximum Gasteiger partial charge on any atom is 0.407 e. The Morgan fingerprint density at radius 2 is 1.94 bits per heavy atom. The summed E-state index contributed by atoms with van der Waals surface area (Å²) in [6, 6.07) is 5.78. The fourth-order valence-electron chi connectivity index (χ4n) is 4.19. The van der Waals surface area contributed by atoms with Gasteiger partial charge in [-0.2, -0.15) is 4.31 Å². The van der Waals surface area contributed by atoms with Crippen molar-refractivity contribution >= 4 is 27.7 Å². The number of carbonyl (C=O) groups is 2. The van der Waals surface area contributed by atoms with Crippen molar-refractivity contribution < 1.29 is 27.5 Å². The predicted molar refractivity (Wildman–Crippen MR) is 123 cm³/mol. The lowest BCUT2D eigenvalue weighted by Gasteiger charge is -2.25. The van der Waals surface area contributed by atoms with E-state index in [0.29, 0.717) is 38.0 Å². The van der Waals surface area contributed by atoms with E-state index in [1.807, 2.05) is 6.92 Å². The van der Waals surface area contributed by atoms with Crippen LogP contribution >= 0.6 is 0 Å². The maximum atomic E-state index is 13.2. The molecule has 1 aromatic rings. The van der Waals surface area contributed by atoms with Crippen LogP contribution in [0.25, 0.3) is 0 Å². The fourth-order valence-corrected chi connectivity index (χ4v) is 5.72. The largest absolute Gasteiger partial charge is 0.446 e. The van der Waals surface area contributed by atoms with Crippen molar-refractivity contribution in [3.63, 3.8) is 0 Å². The van der Waals surface area contributed by atoms with Crippen LogP contribution in [0.5, 0.6) is 0 Å². The quantitative estimate of drug-likeness (QED) is 0.321. The summed E-state index contributed by atoms with van der Waals surface area (Å²) in [5.74, 6) is -0.0762. The molecule has 0 unspecified atom stereocenters. The third-order valence-electron chi connectivity index (χ3n) is 5.89. The molecule has 1 aliphatic carbocycles. The molecule has 2 amide bonds. The van der Waals surface area contributed by atoms with E-state index in [-0.39, 0.29) is 48.7 Å². The van der Waals surface area contributed by atoms with E-state index in [1.54, 1.807) is 12.1 Å². The molecule has 10 nitrogen and oxygen atoms in total. The molecule has 184 valence electrons. The van der Waals surface area contributed by atoms with Gasteiger partial charge in [0, 0.05) is 50.8 Å². The van der Waals surface area contributed by atoms with Crippen molar-refractivity contribution in [2.45, 2.75) is 68.6 Å². The lowest BCUT2D eigenvalue weighted by molar-refractivity contribution is -0.119. The van der Waals surface area contributed by atoms with Gasteiger partial charge in [-0.15, -0.1) is 0 Å². The Labute approximate surface area is 195 Å². The second-order valence-corrected chi connectivity index (χ2v) is 10.4. The number of ether oxygens (including phenoxy) is 2. The summed E-state index contributed by atoms with van der Waals surface area (Å²) in [5, 5.41) is 5.51. The molecular weight excluding hydrogens is 448 g/mol. The van der Waals surface area contributed by atoms with Gasteiger partial charge in [0.1, 0.15) is 6.10 Å². The second-order valence-electron chi connectivity index (χ2n) is 8.43. The SMILES string of the molecule is CCO[C@H]1CC[C@@H](OC(=O)NCCCN(C[C@H]2CCC(=O)N2)S(=O)(=O)c2ccc(N)cc2)C1. The van der Waals surface area contributed by atoms with Crippen molar-refractivity contribution in [3.8, 4) is 0 Å². The molecule has 0 spiro atoms. The molecule has 3 rings (SSSR count). The zero-order valence-electron chi connectivity index (χ0n) is 19.0. The molecule has 1 heterocycles. The summed E-state index contributed by atoms with van der Waals surface area (Å²) in [7, 11) is -3.79. The van der Waals surface area contributed by atoms with Crippen LogP contribution in [0.1, 0.15) is 45.4 Å². The maximum absolute atomic E-state index is 13.2. The Morgan fingerprint density at radius 3 is 2.61 bits per heavy atom. The fraction of sp³-hybridized carbons (Fsp3) is 0.636. The van der Waals surface area contributed by atoms with Crippen molar-refractivity contribution in [2.24, 2.45) is 0 Å². The van der Waals surface area contributed by atoms with Crippen molar-refractivity contribution in [3.05, 3.63) is 24.3 Å². The highest BCUT2D eigenvalue weighted by atomic mass is 32.2. The van der Waals surface area contributed by atoms with Gasteiger partial charge in [0.05, 0.1) is 11.0 Å². The Bertz CT molecular complexity index is 908. The van der Waals surface area contributed by atoms with Crippen LogP contribution in [0.2, 0.25) is 0 Å². The number of nitrogen functional groups attached to an aromatic ring is 1. The minimum atomic E-state index is -3.79. The number of nitrogens with zero attached hydrogens (tertiary/aromatic N) is 1. The predicted octanol–water partition coefficient (Wildman–Crippen LogP) is 1.61. The first-order chi connectivity index (χ1) is 15.8. The van der Waals surface area contributed by atoms with E-state index in [1.165, 1.54) is 16.4 Å². The van der Waals surface area contributed by atoms with Gasteiger partial charge in [-0.3, -0.25) is 4.79 Å². The minimum Gasteiger partial charge on any atom is -0.446 e. The Balaban J connectivity index is 1.51. The highest BCUT2D eigenvalue weighted by Crippen LogP contribution is 2.24. The Morgan fingerprint density at radius 1 is 1.21 bits per heavy atom. The molecule has 2 aliphatic rings. The molecular formula is C22H34N4O6S. The molecule has 3 atom stereocenters. The van der Waals surface area contributed by atoms with Gasteiger partial charge in [0.2, 0.25) is 15.9 Å². The number of rotatable bonds is 11. The normalized spacial score (nSPS) is 23.0. The molecule has 1 aliphatic heterocycles. The smallest absolute Gasteiger partial charge is 0.407 e.